The van der Waals surface area contributed by atoms with Crippen LogP contribution in [0, 0.1) is 6.92 Å². The summed E-state index contributed by atoms with van der Waals surface area (Å²) in [6, 6.07) is 4.20. The summed E-state index contributed by atoms with van der Waals surface area (Å²) in [5.74, 6) is 1.25. The third-order valence-electron chi connectivity index (χ3n) is 3.10. The number of aryl methyl sites for hydroxylation is 1. The zero-order valence-corrected chi connectivity index (χ0v) is 11.3. The average molecular weight is 266 g/mol. The zero-order chi connectivity index (χ0) is 13.0. The first-order chi connectivity index (χ1) is 8.65. The topological polar surface area (TPSA) is 53.4 Å². The molecule has 1 N–H and O–H groups in total. The van der Waals surface area contributed by atoms with Crippen molar-refractivity contribution in [3.63, 3.8) is 0 Å². The van der Waals surface area contributed by atoms with Gasteiger partial charge in [-0.15, -0.1) is 0 Å². The van der Waals surface area contributed by atoms with Gasteiger partial charge in [0.1, 0.15) is 0 Å². The fraction of sp³-hybridized carbons (Fsp3) is 0.538. The van der Waals surface area contributed by atoms with E-state index in [1.165, 1.54) is 0 Å². The lowest BCUT2D eigenvalue weighted by molar-refractivity contribution is -0.138. The number of rotatable bonds is 4. The molecule has 4 nitrogen and oxygen atoms in total. The number of carboxylic acid groups (broad SMARTS) is 1. The number of aromatic nitrogens is 1. The molecular weight excluding hydrogens is 248 g/mol. The van der Waals surface area contributed by atoms with Gasteiger partial charge in [0.25, 0.3) is 0 Å². The SMILES string of the molecule is Cc1ccc(CN2CCSCC2CC(=O)O)nc1. The number of thioether (sulfide) groups is 1. The minimum absolute atomic E-state index is 0.129. The summed E-state index contributed by atoms with van der Waals surface area (Å²) in [5.41, 5.74) is 2.16. The summed E-state index contributed by atoms with van der Waals surface area (Å²) in [4.78, 5) is 17.5. The molecule has 0 aliphatic carbocycles. The van der Waals surface area contributed by atoms with E-state index >= 15 is 0 Å². The highest BCUT2D eigenvalue weighted by molar-refractivity contribution is 7.99. The standard InChI is InChI=1S/C13H18N2O2S/c1-10-2-3-11(14-7-10)8-15-4-5-18-9-12(15)6-13(16)17/h2-3,7,12H,4-6,8-9H2,1H3,(H,16,17). The number of hydrogen-bond acceptors (Lipinski definition) is 4. The molecule has 5 heteroatoms. The first kappa shape index (κ1) is 13.4. The van der Waals surface area contributed by atoms with Gasteiger partial charge in [0.05, 0.1) is 12.1 Å². The Balaban J connectivity index is 2.00. The second-order valence-corrected chi connectivity index (χ2v) is 5.77. The van der Waals surface area contributed by atoms with Gasteiger partial charge in [-0.3, -0.25) is 14.7 Å². The summed E-state index contributed by atoms with van der Waals surface area (Å²) in [6.45, 7) is 3.71. The molecule has 0 radical (unpaired) electrons. The molecule has 0 saturated carbocycles. The van der Waals surface area contributed by atoms with E-state index in [2.05, 4.69) is 9.88 Å². The van der Waals surface area contributed by atoms with Gasteiger partial charge in [-0.2, -0.15) is 11.8 Å². The Morgan fingerprint density at radius 3 is 3.11 bits per heavy atom. The normalized spacial score (nSPS) is 20.8. The summed E-state index contributed by atoms with van der Waals surface area (Å²) >= 11 is 1.84. The van der Waals surface area contributed by atoms with Crippen LogP contribution >= 0.6 is 11.8 Å². The Kier molecular flexibility index (Phi) is 4.60. The molecule has 1 unspecified atom stereocenters. The van der Waals surface area contributed by atoms with Gasteiger partial charge in [-0.05, 0) is 18.6 Å². The van der Waals surface area contributed by atoms with Crippen molar-refractivity contribution in [3.05, 3.63) is 29.6 Å². The maximum atomic E-state index is 10.9. The molecule has 0 aromatic carbocycles. The van der Waals surface area contributed by atoms with Gasteiger partial charge < -0.3 is 5.11 Å². The quantitative estimate of drug-likeness (QED) is 0.900. The van der Waals surface area contributed by atoms with E-state index in [1.54, 1.807) is 0 Å². The highest BCUT2D eigenvalue weighted by Crippen LogP contribution is 2.20. The minimum atomic E-state index is -0.718. The lowest BCUT2D eigenvalue weighted by Gasteiger charge is -2.34. The second kappa shape index (κ2) is 6.20. The number of pyridine rings is 1. The molecule has 1 aliphatic heterocycles. The highest BCUT2D eigenvalue weighted by atomic mass is 32.2. The maximum absolute atomic E-state index is 10.9. The Morgan fingerprint density at radius 1 is 1.61 bits per heavy atom. The van der Waals surface area contributed by atoms with Crippen LogP contribution in [0.4, 0.5) is 0 Å². The molecule has 1 aromatic heterocycles. The second-order valence-electron chi connectivity index (χ2n) is 4.62. The molecule has 1 atom stereocenters. The Labute approximate surface area is 111 Å². The van der Waals surface area contributed by atoms with Crippen molar-refractivity contribution in [3.8, 4) is 0 Å². The van der Waals surface area contributed by atoms with Crippen LogP contribution in [0.3, 0.4) is 0 Å². The third-order valence-corrected chi connectivity index (χ3v) is 4.19. The van der Waals surface area contributed by atoms with Crippen LogP contribution < -0.4 is 0 Å². The number of hydrogen-bond donors (Lipinski definition) is 1. The van der Waals surface area contributed by atoms with Crippen molar-refractivity contribution < 1.29 is 9.90 Å². The van der Waals surface area contributed by atoms with E-state index in [4.69, 9.17) is 5.11 Å². The predicted octanol–water partition coefficient (Wildman–Crippen LogP) is 1.78. The van der Waals surface area contributed by atoms with E-state index in [-0.39, 0.29) is 12.5 Å². The smallest absolute Gasteiger partial charge is 0.304 e. The van der Waals surface area contributed by atoms with Gasteiger partial charge in [0.2, 0.25) is 0 Å². The van der Waals surface area contributed by atoms with Crippen molar-refractivity contribution in [2.75, 3.05) is 18.1 Å². The molecule has 1 saturated heterocycles. The van der Waals surface area contributed by atoms with Crippen molar-refractivity contribution in [2.24, 2.45) is 0 Å². The first-order valence-corrected chi connectivity index (χ1v) is 7.26. The number of carbonyl (C=O) groups is 1. The maximum Gasteiger partial charge on any atom is 0.304 e. The first-order valence-electron chi connectivity index (χ1n) is 6.10. The van der Waals surface area contributed by atoms with E-state index in [0.717, 1.165) is 35.9 Å². The fourth-order valence-electron chi connectivity index (χ4n) is 2.09. The molecular formula is C13H18N2O2S. The molecule has 2 rings (SSSR count). The van der Waals surface area contributed by atoms with Crippen LogP contribution in [0.25, 0.3) is 0 Å². The van der Waals surface area contributed by atoms with Gasteiger partial charge >= 0.3 is 5.97 Å². The Morgan fingerprint density at radius 2 is 2.44 bits per heavy atom. The highest BCUT2D eigenvalue weighted by Gasteiger charge is 2.25. The predicted molar refractivity (Wildman–Crippen MR) is 72.7 cm³/mol. The molecule has 1 fully saturated rings. The summed E-state index contributed by atoms with van der Waals surface area (Å²) < 4.78 is 0. The van der Waals surface area contributed by atoms with E-state index in [1.807, 2.05) is 37.0 Å². The van der Waals surface area contributed by atoms with E-state index in [0.29, 0.717) is 0 Å². The molecule has 0 spiro atoms. The van der Waals surface area contributed by atoms with Crippen LogP contribution in [0.15, 0.2) is 18.3 Å². The Hall–Kier alpha value is -1.07. The van der Waals surface area contributed by atoms with Crippen molar-refractivity contribution >= 4 is 17.7 Å². The van der Waals surface area contributed by atoms with Crippen molar-refractivity contribution in [2.45, 2.75) is 25.9 Å². The van der Waals surface area contributed by atoms with E-state index in [9.17, 15) is 4.79 Å². The van der Waals surface area contributed by atoms with Crippen LogP contribution in [-0.4, -0.2) is 45.1 Å². The zero-order valence-electron chi connectivity index (χ0n) is 10.5. The summed E-state index contributed by atoms with van der Waals surface area (Å²) in [7, 11) is 0. The lowest BCUT2D eigenvalue weighted by atomic mass is 10.1. The van der Waals surface area contributed by atoms with Crippen LogP contribution in [0.1, 0.15) is 17.7 Å². The van der Waals surface area contributed by atoms with Crippen LogP contribution in [0.2, 0.25) is 0 Å². The molecule has 98 valence electrons. The Bertz CT molecular complexity index is 408. The molecule has 2 heterocycles. The monoisotopic (exact) mass is 266 g/mol. The van der Waals surface area contributed by atoms with Crippen LogP contribution in [-0.2, 0) is 11.3 Å². The molecule has 1 aliphatic rings. The van der Waals surface area contributed by atoms with Gasteiger partial charge in [0, 0.05) is 36.8 Å². The molecule has 0 amide bonds. The largest absolute Gasteiger partial charge is 0.481 e. The van der Waals surface area contributed by atoms with Gasteiger partial charge in [-0.25, -0.2) is 0 Å². The molecule has 18 heavy (non-hydrogen) atoms. The van der Waals surface area contributed by atoms with Crippen LogP contribution in [0.5, 0.6) is 0 Å². The number of aliphatic carboxylic acids is 1. The summed E-state index contributed by atoms with van der Waals surface area (Å²) in [5, 5.41) is 8.93. The summed E-state index contributed by atoms with van der Waals surface area (Å²) in [6.07, 6.45) is 2.08. The van der Waals surface area contributed by atoms with E-state index < -0.39 is 5.97 Å². The van der Waals surface area contributed by atoms with Gasteiger partial charge in [-0.1, -0.05) is 6.07 Å². The minimum Gasteiger partial charge on any atom is -0.481 e. The van der Waals surface area contributed by atoms with Gasteiger partial charge in [0.15, 0.2) is 0 Å². The van der Waals surface area contributed by atoms with Crippen molar-refractivity contribution in [1.82, 2.24) is 9.88 Å². The number of nitrogens with zero attached hydrogens (tertiary/aromatic N) is 2. The average Bonchev–Trinajstić information content (AvgIpc) is 2.34. The molecule has 0 bridgehead atoms. The van der Waals surface area contributed by atoms with Crippen molar-refractivity contribution in [1.29, 1.82) is 0 Å². The third kappa shape index (κ3) is 3.71. The number of carboxylic acids is 1. The molecule has 1 aromatic rings. The fourth-order valence-corrected chi connectivity index (χ4v) is 3.22. The lowest BCUT2D eigenvalue weighted by Crippen LogP contribution is -2.43.